The highest BCUT2D eigenvalue weighted by molar-refractivity contribution is 5.86. The van der Waals surface area contributed by atoms with Crippen molar-refractivity contribution in [3.63, 3.8) is 0 Å². The SMILES string of the molecule is CCCCOc1cnc2c(N3CC(O)C3)ncnc2c1. The third-order valence-electron chi connectivity index (χ3n) is 3.36. The number of aliphatic hydroxyl groups is 1. The first-order chi connectivity index (χ1) is 9.78. The van der Waals surface area contributed by atoms with Gasteiger partial charge in [0.05, 0.1) is 24.4 Å². The molecular weight excluding hydrogens is 256 g/mol. The van der Waals surface area contributed by atoms with Crippen LogP contribution in [0.2, 0.25) is 0 Å². The Bertz CT molecular complexity index is 599. The molecule has 1 fully saturated rings. The Hall–Kier alpha value is -1.95. The maximum Gasteiger partial charge on any atom is 0.158 e. The maximum atomic E-state index is 9.39. The molecule has 0 saturated carbocycles. The van der Waals surface area contributed by atoms with E-state index < -0.39 is 0 Å². The lowest BCUT2D eigenvalue weighted by atomic mass is 10.1. The molecule has 6 nitrogen and oxygen atoms in total. The largest absolute Gasteiger partial charge is 0.492 e. The summed E-state index contributed by atoms with van der Waals surface area (Å²) in [6, 6.07) is 1.89. The van der Waals surface area contributed by atoms with Gasteiger partial charge in [0, 0.05) is 19.2 Å². The molecule has 20 heavy (non-hydrogen) atoms. The zero-order valence-electron chi connectivity index (χ0n) is 11.5. The Balaban J connectivity index is 1.84. The average Bonchev–Trinajstić information content (AvgIpc) is 2.43. The normalized spacial score (nSPS) is 15.4. The van der Waals surface area contributed by atoms with Crippen molar-refractivity contribution in [3.05, 3.63) is 18.6 Å². The van der Waals surface area contributed by atoms with Gasteiger partial charge in [0.1, 0.15) is 17.6 Å². The summed E-state index contributed by atoms with van der Waals surface area (Å²) in [5.41, 5.74) is 1.52. The Morgan fingerprint density at radius 2 is 2.20 bits per heavy atom. The van der Waals surface area contributed by atoms with E-state index in [1.807, 2.05) is 11.0 Å². The molecule has 0 aliphatic carbocycles. The van der Waals surface area contributed by atoms with E-state index in [0.717, 1.165) is 35.4 Å². The van der Waals surface area contributed by atoms with Gasteiger partial charge in [-0.1, -0.05) is 13.3 Å². The molecule has 1 aliphatic rings. The number of ether oxygens (including phenoxy) is 1. The lowest BCUT2D eigenvalue weighted by Gasteiger charge is -2.36. The minimum Gasteiger partial charge on any atom is -0.492 e. The second-order valence-electron chi connectivity index (χ2n) is 5.00. The Kier molecular flexibility index (Phi) is 3.64. The first-order valence-electron chi connectivity index (χ1n) is 6.94. The van der Waals surface area contributed by atoms with Crippen molar-refractivity contribution in [2.24, 2.45) is 0 Å². The minimum absolute atomic E-state index is 0.267. The van der Waals surface area contributed by atoms with Gasteiger partial charge in [0.15, 0.2) is 5.82 Å². The third kappa shape index (κ3) is 2.51. The van der Waals surface area contributed by atoms with Crippen molar-refractivity contribution >= 4 is 16.9 Å². The number of β-amino-alcohol motifs (C(OH)–C–C–N with tert-alkyl or cyclic N) is 1. The number of unbranched alkanes of at least 4 members (excludes halogenated alkanes) is 1. The van der Waals surface area contributed by atoms with Crippen molar-refractivity contribution in [2.45, 2.75) is 25.9 Å². The second-order valence-corrected chi connectivity index (χ2v) is 5.00. The molecule has 1 N–H and O–H groups in total. The Morgan fingerprint density at radius 1 is 1.35 bits per heavy atom. The minimum atomic E-state index is -0.267. The van der Waals surface area contributed by atoms with Gasteiger partial charge in [0.25, 0.3) is 0 Å². The predicted octanol–water partition coefficient (Wildman–Crippen LogP) is 1.38. The average molecular weight is 274 g/mol. The van der Waals surface area contributed by atoms with Gasteiger partial charge in [-0.15, -0.1) is 0 Å². The monoisotopic (exact) mass is 274 g/mol. The Morgan fingerprint density at radius 3 is 2.95 bits per heavy atom. The molecule has 3 heterocycles. The van der Waals surface area contributed by atoms with Crippen molar-refractivity contribution in [1.29, 1.82) is 0 Å². The smallest absolute Gasteiger partial charge is 0.158 e. The van der Waals surface area contributed by atoms with E-state index in [0.29, 0.717) is 19.7 Å². The molecule has 0 radical (unpaired) electrons. The fourth-order valence-electron chi connectivity index (χ4n) is 2.19. The molecule has 6 heteroatoms. The van der Waals surface area contributed by atoms with Crippen molar-refractivity contribution in [2.75, 3.05) is 24.6 Å². The van der Waals surface area contributed by atoms with Crippen LogP contribution in [0.4, 0.5) is 5.82 Å². The molecule has 1 saturated heterocycles. The number of hydrogen-bond donors (Lipinski definition) is 1. The van der Waals surface area contributed by atoms with Crippen LogP contribution in [-0.2, 0) is 0 Å². The molecule has 0 spiro atoms. The van der Waals surface area contributed by atoms with Crippen LogP contribution in [0.5, 0.6) is 5.75 Å². The fourth-order valence-corrected chi connectivity index (χ4v) is 2.19. The number of aromatic nitrogens is 3. The summed E-state index contributed by atoms with van der Waals surface area (Å²) in [6.45, 7) is 4.02. The van der Waals surface area contributed by atoms with Gasteiger partial charge in [0.2, 0.25) is 0 Å². The van der Waals surface area contributed by atoms with Crippen LogP contribution in [-0.4, -0.2) is 45.9 Å². The van der Waals surface area contributed by atoms with Crippen LogP contribution in [0.25, 0.3) is 11.0 Å². The highest BCUT2D eigenvalue weighted by Gasteiger charge is 2.27. The van der Waals surface area contributed by atoms with Crippen molar-refractivity contribution in [3.8, 4) is 5.75 Å². The molecule has 0 amide bonds. The molecule has 2 aromatic heterocycles. The van der Waals surface area contributed by atoms with Gasteiger partial charge in [-0.2, -0.15) is 0 Å². The first kappa shape index (κ1) is 13.1. The van der Waals surface area contributed by atoms with Crippen LogP contribution >= 0.6 is 0 Å². The molecule has 1 aliphatic heterocycles. The van der Waals surface area contributed by atoms with E-state index in [-0.39, 0.29) is 6.10 Å². The van der Waals surface area contributed by atoms with Gasteiger partial charge < -0.3 is 14.7 Å². The highest BCUT2D eigenvalue weighted by atomic mass is 16.5. The summed E-state index contributed by atoms with van der Waals surface area (Å²) in [7, 11) is 0. The van der Waals surface area contributed by atoms with E-state index in [1.165, 1.54) is 6.33 Å². The molecule has 0 atom stereocenters. The van der Waals surface area contributed by atoms with Crippen LogP contribution in [0, 0.1) is 0 Å². The summed E-state index contributed by atoms with van der Waals surface area (Å²) in [4.78, 5) is 14.9. The maximum absolute atomic E-state index is 9.39. The lowest BCUT2D eigenvalue weighted by Crippen LogP contribution is -2.51. The quantitative estimate of drug-likeness (QED) is 0.831. The lowest BCUT2D eigenvalue weighted by molar-refractivity contribution is 0.141. The topological polar surface area (TPSA) is 71.4 Å². The number of hydrogen-bond acceptors (Lipinski definition) is 6. The Labute approximate surface area is 117 Å². The van der Waals surface area contributed by atoms with Gasteiger partial charge in [-0.05, 0) is 6.42 Å². The van der Waals surface area contributed by atoms with Gasteiger partial charge in [-0.3, -0.25) is 0 Å². The highest BCUT2D eigenvalue weighted by Crippen LogP contribution is 2.26. The number of nitrogens with zero attached hydrogens (tertiary/aromatic N) is 4. The fraction of sp³-hybridized carbons (Fsp3) is 0.500. The number of fused-ring (bicyclic) bond motifs is 1. The zero-order valence-corrected chi connectivity index (χ0v) is 11.5. The van der Waals surface area contributed by atoms with E-state index in [1.54, 1.807) is 6.20 Å². The summed E-state index contributed by atoms with van der Waals surface area (Å²) in [5, 5.41) is 9.39. The van der Waals surface area contributed by atoms with Crippen LogP contribution in [0.3, 0.4) is 0 Å². The standard InChI is InChI=1S/C14H18N4O2/c1-2-3-4-20-11-5-12-13(15-6-11)14(17-9-16-12)18-7-10(19)8-18/h5-6,9-10,19H,2-4,7-8H2,1H3. The predicted molar refractivity (Wildman–Crippen MR) is 76.0 cm³/mol. The molecule has 0 unspecified atom stereocenters. The summed E-state index contributed by atoms with van der Waals surface area (Å²) >= 11 is 0. The molecular formula is C14H18N4O2. The summed E-state index contributed by atoms with van der Waals surface area (Å²) in [5.74, 6) is 1.51. The number of aliphatic hydroxyl groups excluding tert-OH is 1. The number of rotatable bonds is 5. The molecule has 0 aromatic carbocycles. The third-order valence-corrected chi connectivity index (χ3v) is 3.36. The summed E-state index contributed by atoms with van der Waals surface area (Å²) < 4.78 is 5.64. The van der Waals surface area contributed by atoms with E-state index in [2.05, 4.69) is 21.9 Å². The first-order valence-corrected chi connectivity index (χ1v) is 6.94. The van der Waals surface area contributed by atoms with Crippen LogP contribution < -0.4 is 9.64 Å². The molecule has 3 rings (SSSR count). The van der Waals surface area contributed by atoms with E-state index >= 15 is 0 Å². The zero-order chi connectivity index (χ0) is 13.9. The van der Waals surface area contributed by atoms with E-state index in [9.17, 15) is 5.11 Å². The van der Waals surface area contributed by atoms with E-state index in [4.69, 9.17) is 4.74 Å². The van der Waals surface area contributed by atoms with Crippen molar-refractivity contribution < 1.29 is 9.84 Å². The molecule has 106 valence electrons. The summed E-state index contributed by atoms with van der Waals surface area (Å²) in [6.07, 6.45) is 5.10. The van der Waals surface area contributed by atoms with Gasteiger partial charge >= 0.3 is 0 Å². The van der Waals surface area contributed by atoms with Crippen LogP contribution in [0.15, 0.2) is 18.6 Å². The van der Waals surface area contributed by atoms with Crippen molar-refractivity contribution in [1.82, 2.24) is 15.0 Å². The second kappa shape index (κ2) is 5.58. The number of pyridine rings is 1. The van der Waals surface area contributed by atoms with Gasteiger partial charge in [-0.25, -0.2) is 15.0 Å². The molecule has 0 bridgehead atoms. The van der Waals surface area contributed by atoms with Crippen LogP contribution in [0.1, 0.15) is 19.8 Å². The molecule has 2 aromatic rings. The number of anilines is 1.